The van der Waals surface area contributed by atoms with Gasteiger partial charge in [0.15, 0.2) is 11.5 Å². The maximum Gasteiger partial charge on any atom is 0.161 e. The van der Waals surface area contributed by atoms with Crippen LogP contribution in [0.3, 0.4) is 0 Å². The molecule has 1 atom stereocenters. The molecule has 3 nitrogen and oxygen atoms in total. The molecule has 1 N–H and O–H groups in total. The molecule has 0 saturated carbocycles. The van der Waals surface area contributed by atoms with Gasteiger partial charge in [0.1, 0.15) is 6.61 Å². The Morgan fingerprint density at radius 3 is 2.36 bits per heavy atom. The van der Waals surface area contributed by atoms with Gasteiger partial charge in [0.2, 0.25) is 0 Å². The molecule has 0 aliphatic rings. The molecule has 0 heterocycles. The van der Waals surface area contributed by atoms with Crippen molar-refractivity contribution in [3.05, 3.63) is 95.1 Å². The number of hydrogen-bond acceptors (Lipinski definition) is 3. The maximum atomic E-state index is 5.97. The van der Waals surface area contributed by atoms with Gasteiger partial charge in [-0.05, 0) is 42.7 Å². The minimum atomic E-state index is 0. The zero-order valence-electron chi connectivity index (χ0n) is 16.6. The molecule has 1 unspecified atom stereocenters. The van der Waals surface area contributed by atoms with Crippen molar-refractivity contribution in [2.24, 2.45) is 0 Å². The summed E-state index contributed by atoms with van der Waals surface area (Å²) in [4.78, 5) is 0. The van der Waals surface area contributed by atoms with E-state index in [9.17, 15) is 0 Å². The molecule has 3 rings (SSSR count). The topological polar surface area (TPSA) is 30.5 Å². The Morgan fingerprint density at radius 2 is 1.64 bits per heavy atom. The quantitative estimate of drug-likeness (QED) is 0.516. The number of methoxy groups -OCH3 is 1. The highest BCUT2D eigenvalue weighted by molar-refractivity contribution is 5.85. The van der Waals surface area contributed by atoms with Crippen LogP contribution in [-0.4, -0.2) is 7.11 Å². The molecule has 0 aliphatic carbocycles. The highest BCUT2D eigenvalue weighted by atomic mass is 35.5. The van der Waals surface area contributed by atoms with E-state index in [2.05, 4.69) is 67.7 Å². The Balaban J connectivity index is 0.00000280. The number of hydrogen-bond donors (Lipinski definition) is 1. The molecule has 0 radical (unpaired) electrons. The lowest BCUT2D eigenvalue weighted by Gasteiger charge is -2.16. The zero-order chi connectivity index (χ0) is 19.1. The van der Waals surface area contributed by atoms with Crippen LogP contribution in [0.4, 0.5) is 0 Å². The van der Waals surface area contributed by atoms with Crippen LogP contribution in [0.5, 0.6) is 11.5 Å². The number of aryl methyl sites for hydroxylation is 1. The first kappa shape index (κ1) is 21.8. The van der Waals surface area contributed by atoms with E-state index in [1.54, 1.807) is 7.11 Å². The summed E-state index contributed by atoms with van der Waals surface area (Å²) in [6.07, 6.45) is 0. The van der Waals surface area contributed by atoms with Crippen LogP contribution in [0, 0.1) is 6.92 Å². The van der Waals surface area contributed by atoms with E-state index in [1.807, 2.05) is 24.3 Å². The summed E-state index contributed by atoms with van der Waals surface area (Å²) in [6.45, 7) is 5.56. The molecule has 28 heavy (non-hydrogen) atoms. The van der Waals surface area contributed by atoms with Gasteiger partial charge in [0.05, 0.1) is 7.11 Å². The number of benzene rings is 3. The first-order chi connectivity index (χ1) is 13.2. The number of nitrogens with one attached hydrogen (secondary N) is 1. The Hall–Kier alpha value is -2.49. The van der Waals surface area contributed by atoms with Gasteiger partial charge < -0.3 is 14.8 Å². The minimum Gasteiger partial charge on any atom is -0.493 e. The van der Waals surface area contributed by atoms with Crippen molar-refractivity contribution in [3.63, 3.8) is 0 Å². The van der Waals surface area contributed by atoms with Gasteiger partial charge >= 0.3 is 0 Å². The van der Waals surface area contributed by atoms with Gasteiger partial charge in [0.25, 0.3) is 0 Å². The number of rotatable bonds is 8. The van der Waals surface area contributed by atoms with Crippen LogP contribution >= 0.6 is 12.4 Å². The van der Waals surface area contributed by atoms with Crippen molar-refractivity contribution < 1.29 is 9.47 Å². The fourth-order valence-electron chi connectivity index (χ4n) is 3.03. The number of halogens is 1. The van der Waals surface area contributed by atoms with Crippen LogP contribution < -0.4 is 14.8 Å². The molecule has 4 heteroatoms. The van der Waals surface area contributed by atoms with Gasteiger partial charge in [-0.3, -0.25) is 0 Å². The van der Waals surface area contributed by atoms with Crippen LogP contribution in [0.25, 0.3) is 0 Å². The Bertz CT molecular complexity index is 867. The summed E-state index contributed by atoms with van der Waals surface area (Å²) in [7, 11) is 1.68. The van der Waals surface area contributed by atoms with Gasteiger partial charge in [-0.2, -0.15) is 0 Å². The van der Waals surface area contributed by atoms with E-state index in [0.29, 0.717) is 6.61 Å². The summed E-state index contributed by atoms with van der Waals surface area (Å²) in [5, 5.41) is 3.55. The highest BCUT2D eigenvalue weighted by Crippen LogP contribution is 2.29. The first-order valence-electron chi connectivity index (χ1n) is 9.29. The molecule has 0 amide bonds. The summed E-state index contributed by atoms with van der Waals surface area (Å²) in [6, 6.07) is 25.2. The van der Waals surface area contributed by atoms with Gasteiger partial charge in [-0.1, -0.05) is 66.2 Å². The third kappa shape index (κ3) is 6.01. The maximum absolute atomic E-state index is 5.97. The molecule has 0 spiro atoms. The summed E-state index contributed by atoms with van der Waals surface area (Å²) in [5.41, 5.74) is 4.83. The highest BCUT2D eigenvalue weighted by Gasteiger charge is 2.08. The normalized spacial score (nSPS) is 11.4. The largest absolute Gasteiger partial charge is 0.493 e. The Morgan fingerprint density at radius 1 is 0.857 bits per heavy atom. The fraction of sp³-hybridized carbons (Fsp3) is 0.250. The van der Waals surface area contributed by atoms with E-state index in [0.717, 1.165) is 29.2 Å². The van der Waals surface area contributed by atoms with Crippen molar-refractivity contribution >= 4 is 12.4 Å². The SMILES string of the molecule is COc1cc(CNC(C)c2ccccc2)ccc1OCc1cccc(C)c1.Cl. The van der Waals surface area contributed by atoms with Gasteiger partial charge in [-0.25, -0.2) is 0 Å². The van der Waals surface area contributed by atoms with E-state index in [4.69, 9.17) is 9.47 Å². The monoisotopic (exact) mass is 397 g/mol. The third-order valence-corrected chi connectivity index (χ3v) is 4.62. The zero-order valence-corrected chi connectivity index (χ0v) is 17.5. The first-order valence-corrected chi connectivity index (χ1v) is 9.29. The lowest BCUT2D eigenvalue weighted by Crippen LogP contribution is -2.18. The summed E-state index contributed by atoms with van der Waals surface area (Å²) >= 11 is 0. The molecule has 3 aromatic carbocycles. The molecule has 0 aliphatic heterocycles. The Labute approximate surface area is 174 Å². The smallest absolute Gasteiger partial charge is 0.161 e. The summed E-state index contributed by atoms with van der Waals surface area (Å²) < 4.78 is 11.5. The molecule has 0 bridgehead atoms. The molecule has 0 saturated heterocycles. The van der Waals surface area contributed by atoms with Gasteiger partial charge in [0, 0.05) is 12.6 Å². The van der Waals surface area contributed by atoms with Crippen molar-refractivity contribution in [2.75, 3.05) is 7.11 Å². The second-order valence-corrected chi connectivity index (χ2v) is 6.78. The second kappa shape index (κ2) is 10.7. The van der Waals surface area contributed by atoms with Crippen molar-refractivity contribution in [1.29, 1.82) is 0 Å². The van der Waals surface area contributed by atoms with Crippen LogP contribution in [0.2, 0.25) is 0 Å². The predicted octanol–water partition coefficient (Wildman–Crippen LogP) is 5.86. The van der Waals surface area contributed by atoms with Crippen LogP contribution in [-0.2, 0) is 13.2 Å². The van der Waals surface area contributed by atoms with Gasteiger partial charge in [-0.15, -0.1) is 12.4 Å². The number of ether oxygens (including phenoxy) is 2. The average molecular weight is 398 g/mol. The van der Waals surface area contributed by atoms with E-state index < -0.39 is 0 Å². The molecular formula is C24H28ClNO2. The predicted molar refractivity (Wildman–Crippen MR) is 117 cm³/mol. The standard InChI is InChI=1S/C24H27NO2.ClH/c1-18-8-7-9-21(14-18)17-27-23-13-12-20(15-24(23)26-3)16-25-19(2)22-10-5-4-6-11-22;/h4-15,19,25H,16-17H2,1-3H3;1H. The third-order valence-electron chi connectivity index (χ3n) is 4.62. The molecule has 0 fully saturated rings. The molecule has 148 valence electrons. The lowest BCUT2D eigenvalue weighted by molar-refractivity contribution is 0.284. The van der Waals surface area contributed by atoms with Crippen LogP contribution in [0.15, 0.2) is 72.8 Å². The lowest BCUT2D eigenvalue weighted by atomic mass is 10.1. The summed E-state index contributed by atoms with van der Waals surface area (Å²) in [5.74, 6) is 1.52. The average Bonchev–Trinajstić information content (AvgIpc) is 2.71. The van der Waals surface area contributed by atoms with E-state index in [1.165, 1.54) is 11.1 Å². The second-order valence-electron chi connectivity index (χ2n) is 6.78. The van der Waals surface area contributed by atoms with Crippen molar-refractivity contribution in [1.82, 2.24) is 5.32 Å². The molecular weight excluding hydrogens is 370 g/mol. The fourth-order valence-corrected chi connectivity index (χ4v) is 3.03. The van der Waals surface area contributed by atoms with E-state index >= 15 is 0 Å². The Kier molecular flexibility index (Phi) is 8.37. The minimum absolute atomic E-state index is 0. The van der Waals surface area contributed by atoms with Crippen LogP contribution in [0.1, 0.15) is 35.2 Å². The molecule has 3 aromatic rings. The van der Waals surface area contributed by atoms with E-state index in [-0.39, 0.29) is 18.4 Å². The van der Waals surface area contributed by atoms with Crippen molar-refractivity contribution in [2.45, 2.75) is 33.0 Å². The van der Waals surface area contributed by atoms with Crippen molar-refractivity contribution in [3.8, 4) is 11.5 Å². The molecule has 0 aromatic heterocycles.